The Labute approximate surface area is 94.8 Å². The van der Waals surface area contributed by atoms with E-state index in [2.05, 4.69) is 27.9 Å². The highest BCUT2D eigenvalue weighted by Gasteiger charge is 2.03. The molecule has 0 aromatic heterocycles. The predicted octanol–water partition coefficient (Wildman–Crippen LogP) is 1.84. The molecule has 70 valence electrons. The van der Waals surface area contributed by atoms with Gasteiger partial charge in [0.1, 0.15) is 0 Å². The summed E-state index contributed by atoms with van der Waals surface area (Å²) in [6, 6.07) is 5.24. The van der Waals surface area contributed by atoms with E-state index in [-0.39, 0.29) is 12.5 Å². The number of halogens is 2. The number of anilines is 1. The first-order valence-electron chi connectivity index (χ1n) is 3.58. The van der Waals surface area contributed by atoms with Crippen LogP contribution in [0.2, 0.25) is 5.02 Å². The minimum Gasteiger partial charge on any atom is -0.324 e. The van der Waals surface area contributed by atoms with Crippen molar-refractivity contribution in [3.8, 4) is 0 Å². The second-order valence-corrected chi connectivity index (χ2v) is 3.98. The molecule has 0 saturated carbocycles. The van der Waals surface area contributed by atoms with Crippen LogP contribution in [0.4, 0.5) is 5.69 Å². The Bertz CT molecular complexity index is 330. The summed E-state index contributed by atoms with van der Waals surface area (Å²) in [5.74, 6) is -0.208. The third-order valence-electron chi connectivity index (χ3n) is 1.39. The van der Waals surface area contributed by atoms with E-state index in [0.29, 0.717) is 5.02 Å². The van der Waals surface area contributed by atoms with Crippen molar-refractivity contribution < 1.29 is 4.79 Å². The van der Waals surface area contributed by atoms with Gasteiger partial charge in [-0.3, -0.25) is 4.79 Å². The largest absolute Gasteiger partial charge is 0.324 e. The van der Waals surface area contributed by atoms with Crippen LogP contribution in [-0.4, -0.2) is 12.5 Å². The normalized spacial score (nSPS) is 9.77. The lowest BCUT2D eigenvalue weighted by Gasteiger charge is -2.05. The lowest BCUT2D eigenvalue weighted by molar-refractivity contribution is -0.114. The maximum absolute atomic E-state index is 10.9. The quantitative estimate of drug-likeness (QED) is 0.819. The molecule has 0 aliphatic rings. The fraction of sp³-hybridized carbons (Fsp3) is 0.125. The van der Waals surface area contributed by atoms with Crippen LogP contribution in [0, 0.1) is 3.57 Å². The molecule has 0 saturated heterocycles. The minimum absolute atomic E-state index is 0.0152. The first-order chi connectivity index (χ1) is 6.13. The zero-order valence-electron chi connectivity index (χ0n) is 6.68. The van der Waals surface area contributed by atoms with Crippen molar-refractivity contribution in [2.75, 3.05) is 11.9 Å². The molecule has 0 unspecified atom stereocenters. The molecule has 1 rings (SSSR count). The average molecular weight is 311 g/mol. The number of benzene rings is 1. The van der Waals surface area contributed by atoms with Gasteiger partial charge in [0, 0.05) is 8.59 Å². The molecule has 0 atom stereocenters. The topological polar surface area (TPSA) is 55.1 Å². The highest BCUT2D eigenvalue weighted by atomic mass is 127. The van der Waals surface area contributed by atoms with Crippen LogP contribution in [0.25, 0.3) is 0 Å². The molecular formula is C8H8ClIN2O. The number of rotatable bonds is 2. The highest BCUT2D eigenvalue weighted by molar-refractivity contribution is 14.1. The molecular weight excluding hydrogens is 302 g/mol. The molecule has 0 bridgehead atoms. The summed E-state index contributed by atoms with van der Waals surface area (Å²) >= 11 is 7.84. The third kappa shape index (κ3) is 3.13. The second-order valence-electron chi connectivity index (χ2n) is 2.38. The number of amides is 1. The molecule has 0 aliphatic carbocycles. The van der Waals surface area contributed by atoms with Crippen LogP contribution < -0.4 is 11.1 Å². The number of nitrogens with one attached hydrogen (secondary N) is 1. The number of nitrogens with two attached hydrogens (primary N) is 1. The average Bonchev–Trinajstić information content (AvgIpc) is 2.09. The monoisotopic (exact) mass is 310 g/mol. The van der Waals surface area contributed by atoms with Crippen molar-refractivity contribution in [3.05, 3.63) is 26.8 Å². The standard InChI is InChI=1S/C8H8ClIN2O/c9-5-1-2-7(6(10)3-5)12-8(13)4-11/h1-3H,4,11H2,(H,12,13). The first-order valence-corrected chi connectivity index (χ1v) is 5.04. The molecule has 13 heavy (non-hydrogen) atoms. The number of carbonyl (C=O) groups is 1. The Morgan fingerprint density at radius 2 is 2.31 bits per heavy atom. The Balaban J connectivity index is 2.83. The van der Waals surface area contributed by atoms with Crippen LogP contribution in [0.1, 0.15) is 0 Å². The third-order valence-corrected chi connectivity index (χ3v) is 2.52. The maximum atomic E-state index is 10.9. The van der Waals surface area contributed by atoms with Crippen molar-refractivity contribution in [2.45, 2.75) is 0 Å². The summed E-state index contributed by atoms with van der Waals surface area (Å²) in [6.07, 6.45) is 0. The van der Waals surface area contributed by atoms with Gasteiger partial charge in [-0.1, -0.05) is 11.6 Å². The molecule has 0 spiro atoms. The molecule has 0 heterocycles. The highest BCUT2D eigenvalue weighted by Crippen LogP contribution is 2.21. The second kappa shape index (κ2) is 4.78. The van der Waals surface area contributed by atoms with Gasteiger partial charge in [-0.25, -0.2) is 0 Å². The van der Waals surface area contributed by atoms with Crippen molar-refractivity contribution in [1.29, 1.82) is 0 Å². The summed E-state index contributed by atoms with van der Waals surface area (Å²) in [7, 11) is 0. The van der Waals surface area contributed by atoms with Gasteiger partial charge in [0.05, 0.1) is 12.2 Å². The van der Waals surface area contributed by atoms with Crippen molar-refractivity contribution >= 4 is 45.8 Å². The van der Waals surface area contributed by atoms with Gasteiger partial charge in [-0.15, -0.1) is 0 Å². The summed E-state index contributed by atoms with van der Waals surface area (Å²) < 4.78 is 0.895. The zero-order valence-corrected chi connectivity index (χ0v) is 9.59. The molecule has 0 aliphatic heterocycles. The Kier molecular flexibility index (Phi) is 3.95. The molecule has 0 radical (unpaired) electrons. The molecule has 0 fully saturated rings. The summed E-state index contributed by atoms with van der Waals surface area (Å²) in [5.41, 5.74) is 5.90. The van der Waals surface area contributed by atoms with Crippen molar-refractivity contribution in [1.82, 2.24) is 0 Å². The van der Waals surface area contributed by atoms with Crippen molar-refractivity contribution in [2.24, 2.45) is 5.73 Å². The molecule has 3 N–H and O–H groups in total. The van der Waals surface area contributed by atoms with E-state index >= 15 is 0 Å². The number of hydrogen-bond acceptors (Lipinski definition) is 2. The lowest BCUT2D eigenvalue weighted by atomic mass is 10.3. The molecule has 3 nitrogen and oxygen atoms in total. The summed E-state index contributed by atoms with van der Waals surface area (Å²) in [4.78, 5) is 10.9. The van der Waals surface area contributed by atoms with Gasteiger partial charge in [-0.2, -0.15) is 0 Å². The Morgan fingerprint density at radius 1 is 1.62 bits per heavy atom. The summed E-state index contributed by atoms with van der Waals surface area (Å²) in [5, 5.41) is 3.31. The van der Waals surface area contributed by atoms with Crippen LogP contribution in [0.5, 0.6) is 0 Å². The van der Waals surface area contributed by atoms with E-state index in [9.17, 15) is 4.79 Å². The smallest absolute Gasteiger partial charge is 0.238 e. The van der Waals surface area contributed by atoms with E-state index in [1.54, 1.807) is 18.2 Å². The SMILES string of the molecule is NCC(=O)Nc1ccc(Cl)cc1I. The fourth-order valence-corrected chi connectivity index (χ4v) is 1.80. The molecule has 1 aromatic rings. The maximum Gasteiger partial charge on any atom is 0.238 e. The van der Waals surface area contributed by atoms with E-state index in [1.165, 1.54) is 0 Å². The van der Waals surface area contributed by atoms with Crippen LogP contribution in [0.3, 0.4) is 0 Å². The molecule has 1 amide bonds. The first kappa shape index (κ1) is 10.7. The minimum atomic E-state index is -0.208. The van der Waals surface area contributed by atoms with E-state index < -0.39 is 0 Å². The van der Waals surface area contributed by atoms with Crippen LogP contribution in [0.15, 0.2) is 18.2 Å². The zero-order chi connectivity index (χ0) is 9.84. The van der Waals surface area contributed by atoms with Crippen LogP contribution in [-0.2, 0) is 4.79 Å². The number of hydrogen-bond donors (Lipinski definition) is 2. The van der Waals surface area contributed by atoms with Gasteiger partial charge in [-0.05, 0) is 40.8 Å². The van der Waals surface area contributed by atoms with Gasteiger partial charge in [0.15, 0.2) is 0 Å². The van der Waals surface area contributed by atoms with Gasteiger partial charge in [0.25, 0.3) is 0 Å². The number of carbonyl (C=O) groups excluding carboxylic acids is 1. The van der Waals surface area contributed by atoms with Gasteiger partial charge >= 0.3 is 0 Å². The van der Waals surface area contributed by atoms with E-state index in [1.807, 2.05) is 0 Å². The molecule has 5 heteroatoms. The Morgan fingerprint density at radius 3 is 2.85 bits per heavy atom. The Hall–Kier alpha value is -0.330. The van der Waals surface area contributed by atoms with Crippen molar-refractivity contribution in [3.63, 3.8) is 0 Å². The van der Waals surface area contributed by atoms with E-state index in [4.69, 9.17) is 17.3 Å². The summed E-state index contributed by atoms with van der Waals surface area (Å²) in [6.45, 7) is -0.0152. The lowest BCUT2D eigenvalue weighted by Crippen LogP contribution is -2.22. The van der Waals surface area contributed by atoms with Gasteiger partial charge < -0.3 is 11.1 Å². The predicted molar refractivity (Wildman–Crippen MR) is 61.9 cm³/mol. The van der Waals surface area contributed by atoms with Gasteiger partial charge in [0.2, 0.25) is 5.91 Å². The fourth-order valence-electron chi connectivity index (χ4n) is 0.792. The molecule has 1 aromatic carbocycles. The van der Waals surface area contributed by atoms with E-state index in [0.717, 1.165) is 9.26 Å². The van der Waals surface area contributed by atoms with Crippen LogP contribution >= 0.6 is 34.2 Å².